The number of methoxy groups -OCH3 is 1. The van der Waals surface area contributed by atoms with Crippen LogP contribution in [0.4, 0.5) is 5.82 Å². The van der Waals surface area contributed by atoms with E-state index in [9.17, 15) is 4.79 Å². The number of hydrogen-bond acceptors (Lipinski definition) is 6. The van der Waals surface area contributed by atoms with Gasteiger partial charge in [-0.1, -0.05) is 36.4 Å². The molecular weight excluding hydrogens is 416 g/mol. The van der Waals surface area contributed by atoms with Crippen molar-refractivity contribution in [2.75, 3.05) is 44.8 Å². The third-order valence-electron chi connectivity index (χ3n) is 5.83. The van der Waals surface area contributed by atoms with Gasteiger partial charge < -0.3 is 19.3 Å². The molecule has 1 aliphatic heterocycles. The average molecular weight is 447 g/mol. The molecule has 1 amide bonds. The maximum Gasteiger partial charge on any atom is 0.223 e. The molecule has 1 aromatic heterocycles. The Hall–Kier alpha value is -3.61. The number of aryl methyl sites for hydroxylation is 1. The Morgan fingerprint density at radius 3 is 2.39 bits per heavy atom. The summed E-state index contributed by atoms with van der Waals surface area (Å²) in [6.07, 6.45) is 1.15. The number of carbonyl (C=O) groups excluding carboxylic acids is 1. The number of anilines is 1. The highest BCUT2D eigenvalue weighted by Crippen LogP contribution is 2.28. The number of ether oxygens (including phenoxy) is 2. The molecule has 1 saturated heterocycles. The molecule has 7 heteroatoms. The molecule has 0 N–H and O–H groups in total. The Balaban J connectivity index is 1.28. The lowest BCUT2D eigenvalue weighted by molar-refractivity contribution is -0.131. The average Bonchev–Trinajstić information content (AvgIpc) is 2.88. The second-order valence-corrected chi connectivity index (χ2v) is 7.93. The first-order chi connectivity index (χ1) is 16.2. The molecule has 7 nitrogen and oxygen atoms in total. The van der Waals surface area contributed by atoms with Crippen molar-refractivity contribution in [2.45, 2.75) is 19.8 Å². The molecule has 0 spiro atoms. The van der Waals surface area contributed by atoms with Gasteiger partial charge in [-0.15, -0.1) is 10.2 Å². The van der Waals surface area contributed by atoms with Crippen LogP contribution in [0.5, 0.6) is 11.5 Å². The summed E-state index contributed by atoms with van der Waals surface area (Å²) in [6.45, 7) is 5.41. The lowest BCUT2D eigenvalue weighted by Gasteiger charge is -2.35. The van der Waals surface area contributed by atoms with Crippen LogP contribution in [0, 0.1) is 0 Å². The third kappa shape index (κ3) is 5.61. The van der Waals surface area contributed by atoms with Crippen molar-refractivity contribution in [3.05, 3.63) is 66.2 Å². The van der Waals surface area contributed by atoms with Gasteiger partial charge in [0.2, 0.25) is 5.91 Å². The van der Waals surface area contributed by atoms with Gasteiger partial charge in [0.1, 0.15) is 0 Å². The van der Waals surface area contributed by atoms with Gasteiger partial charge in [0, 0.05) is 38.2 Å². The number of aromatic nitrogens is 2. The predicted octanol–water partition coefficient (Wildman–Crippen LogP) is 3.83. The Morgan fingerprint density at radius 1 is 0.939 bits per heavy atom. The summed E-state index contributed by atoms with van der Waals surface area (Å²) in [6, 6.07) is 19.9. The summed E-state index contributed by atoms with van der Waals surface area (Å²) in [5.41, 5.74) is 2.98. The minimum atomic E-state index is 0.174. The molecule has 3 aromatic rings. The Labute approximate surface area is 195 Å². The number of hydrogen-bond donors (Lipinski definition) is 0. The van der Waals surface area contributed by atoms with Gasteiger partial charge >= 0.3 is 0 Å². The molecule has 2 heterocycles. The van der Waals surface area contributed by atoms with Crippen LogP contribution < -0.4 is 14.4 Å². The van der Waals surface area contributed by atoms with Crippen LogP contribution >= 0.6 is 0 Å². The standard InChI is InChI=1S/C26H30N4O3/c1-3-33-23-12-9-20(19-24(23)32-2)10-14-26(31)30-17-15-29(16-18-30)25-13-11-22(27-28-25)21-7-5-4-6-8-21/h4-9,11-13,19H,3,10,14-18H2,1-2H3. The van der Waals surface area contributed by atoms with E-state index in [0.717, 1.165) is 41.5 Å². The zero-order valence-corrected chi connectivity index (χ0v) is 19.2. The second-order valence-electron chi connectivity index (χ2n) is 7.93. The summed E-state index contributed by atoms with van der Waals surface area (Å²) in [5, 5.41) is 8.79. The van der Waals surface area contributed by atoms with Gasteiger partial charge in [0.15, 0.2) is 17.3 Å². The molecule has 0 aliphatic carbocycles. The van der Waals surface area contributed by atoms with Gasteiger partial charge in [-0.05, 0) is 43.2 Å². The molecule has 4 rings (SSSR count). The zero-order valence-electron chi connectivity index (χ0n) is 19.2. The largest absolute Gasteiger partial charge is 0.493 e. The summed E-state index contributed by atoms with van der Waals surface area (Å²) < 4.78 is 11.0. The van der Waals surface area contributed by atoms with Crippen molar-refractivity contribution in [3.63, 3.8) is 0 Å². The van der Waals surface area contributed by atoms with Crippen molar-refractivity contribution < 1.29 is 14.3 Å². The lowest BCUT2D eigenvalue weighted by atomic mass is 10.1. The van der Waals surface area contributed by atoms with Crippen LogP contribution in [0.25, 0.3) is 11.3 Å². The molecule has 172 valence electrons. The highest BCUT2D eigenvalue weighted by atomic mass is 16.5. The fourth-order valence-electron chi connectivity index (χ4n) is 3.99. The van der Waals surface area contributed by atoms with Crippen molar-refractivity contribution in [1.82, 2.24) is 15.1 Å². The van der Waals surface area contributed by atoms with Crippen molar-refractivity contribution in [1.29, 1.82) is 0 Å². The van der Waals surface area contributed by atoms with E-state index < -0.39 is 0 Å². The molecular formula is C26H30N4O3. The van der Waals surface area contributed by atoms with Crippen LogP contribution in [0.15, 0.2) is 60.7 Å². The molecule has 33 heavy (non-hydrogen) atoms. The number of nitrogens with zero attached hydrogens (tertiary/aromatic N) is 4. The highest BCUT2D eigenvalue weighted by molar-refractivity contribution is 5.77. The molecule has 1 aliphatic rings. The molecule has 0 atom stereocenters. The smallest absolute Gasteiger partial charge is 0.223 e. The van der Waals surface area contributed by atoms with Gasteiger partial charge in [-0.25, -0.2) is 0 Å². The van der Waals surface area contributed by atoms with E-state index >= 15 is 0 Å². The van der Waals surface area contributed by atoms with E-state index in [-0.39, 0.29) is 5.91 Å². The Morgan fingerprint density at radius 2 is 1.73 bits per heavy atom. The van der Waals surface area contributed by atoms with Gasteiger partial charge in [0.25, 0.3) is 0 Å². The van der Waals surface area contributed by atoms with Crippen molar-refractivity contribution in [2.24, 2.45) is 0 Å². The molecule has 0 radical (unpaired) electrons. The maximum atomic E-state index is 12.8. The fraction of sp³-hybridized carbons (Fsp3) is 0.346. The van der Waals surface area contributed by atoms with Crippen LogP contribution in [0.2, 0.25) is 0 Å². The Bertz CT molecular complexity index is 1050. The number of carbonyl (C=O) groups is 1. The van der Waals surface area contributed by atoms with E-state index in [0.29, 0.717) is 38.3 Å². The van der Waals surface area contributed by atoms with Crippen LogP contribution in [0.1, 0.15) is 18.9 Å². The first kappa shape index (κ1) is 22.6. The number of benzene rings is 2. The number of rotatable bonds is 8. The fourth-order valence-corrected chi connectivity index (χ4v) is 3.99. The summed E-state index contributed by atoms with van der Waals surface area (Å²) in [5.74, 6) is 2.46. The highest BCUT2D eigenvalue weighted by Gasteiger charge is 2.22. The van der Waals surface area contributed by atoms with E-state index in [2.05, 4.69) is 15.1 Å². The maximum absolute atomic E-state index is 12.8. The predicted molar refractivity (Wildman–Crippen MR) is 129 cm³/mol. The normalized spacial score (nSPS) is 13.6. The Kier molecular flexibility index (Phi) is 7.40. The summed E-state index contributed by atoms with van der Waals surface area (Å²) >= 11 is 0. The SMILES string of the molecule is CCOc1ccc(CCC(=O)N2CCN(c3ccc(-c4ccccc4)nn3)CC2)cc1OC. The molecule has 1 fully saturated rings. The molecule has 0 bridgehead atoms. The van der Waals surface area contributed by atoms with Crippen molar-refractivity contribution >= 4 is 11.7 Å². The quantitative estimate of drug-likeness (QED) is 0.524. The molecule has 0 saturated carbocycles. The van der Waals surface area contributed by atoms with E-state index in [1.807, 2.05) is 72.5 Å². The van der Waals surface area contributed by atoms with Crippen LogP contribution in [-0.2, 0) is 11.2 Å². The van der Waals surface area contributed by atoms with E-state index in [1.165, 1.54) is 0 Å². The molecule has 0 unspecified atom stereocenters. The topological polar surface area (TPSA) is 67.8 Å². The molecule has 2 aromatic carbocycles. The summed E-state index contributed by atoms with van der Waals surface area (Å²) in [4.78, 5) is 16.9. The zero-order chi connectivity index (χ0) is 23.0. The van der Waals surface area contributed by atoms with Crippen LogP contribution in [0.3, 0.4) is 0 Å². The third-order valence-corrected chi connectivity index (χ3v) is 5.83. The van der Waals surface area contributed by atoms with Crippen molar-refractivity contribution in [3.8, 4) is 22.8 Å². The number of amides is 1. The van der Waals surface area contributed by atoms with Gasteiger partial charge in [0.05, 0.1) is 19.4 Å². The minimum Gasteiger partial charge on any atom is -0.493 e. The van der Waals surface area contributed by atoms with E-state index in [4.69, 9.17) is 9.47 Å². The van der Waals surface area contributed by atoms with E-state index in [1.54, 1.807) is 7.11 Å². The van der Waals surface area contributed by atoms with Gasteiger partial charge in [-0.2, -0.15) is 0 Å². The number of piperazine rings is 1. The van der Waals surface area contributed by atoms with Gasteiger partial charge in [-0.3, -0.25) is 4.79 Å². The lowest BCUT2D eigenvalue weighted by Crippen LogP contribution is -2.49. The first-order valence-corrected chi connectivity index (χ1v) is 11.4. The monoisotopic (exact) mass is 446 g/mol. The second kappa shape index (κ2) is 10.8. The van der Waals surface area contributed by atoms with Crippen LogP contribution in [-0.4, -0.2) is 60.9 Å². The summed E-state index contributed by atoms with van der Waals surface area (Å²) in [7, 11) is 1.63. The first-order valence-electron chi connectivity index (χ1n) is 11.4. The minimum absolute atomic E-state index is 0.174.